The van der Waals surface area contributed by atoms with Crippen molar-refractivity contribution in [3.05, 3.63) is 76.6 Å². The van der Waals surface area contributed by atoms with E-state index in [9.17, 15) is 9.59 Å². The first-order valence-corrected chi connectivity index (χ1v) is 11.1. The van der Waals surface area contributed by atoms with Gasteiger partial charge in [-0.25, -0.2) is 0 Å². The first kappa shape index (κ1) is 21.8. The van der Waals surface area contributed by atoms with E-state index in [-0.39, 0.29) is 17.9 Å². The second-order valence-electron chi connectivity index (χ2n) is 8.67. The van der Waals surface area contributed by atoms with Gasteiger partial charge in [0.25, 0.3) is 11.8 Å². The number of aryl methyl sites for hydroxylation is 2. The minimum atomic E-state index is -0.204. The summed E-state index contributed by atoms with van der Waals surface area (Å²) < 4.78 is 1.79. The molecule has 1 aliphatic heterocycles. The lowest BCUT2D eigenvalue weighted by atomic mass is 9.97. The lowest BCUT2D eigenvalue weighted by Gasteiger charge is -2.18. The number of carbonyl (C=O) groups is 2. The molecular weight excluding hydrogens is 400 g/mol. The van der Waals surface area contributed by atoms with Gasteiger partial charge in [0.2, 0.25) is 0 Å². The first-order valence-electron chi connectivity index (χ1n) is 11.1. The van der Waals surface area contributed by atoms with E-state index in [1.807, 2.05) is 69.1 Å². The van der Waals surface area contributed by atoms with Crippen LogP contribution < -0.4 is 5.32 Å². The maximum absolute atomic E-state index is 13.2. The molecule has 32 heavy (non-hydrogen) atoms. The number of nitrogens with one attached hydrogen (secondary N) is 1. The average molecular weight is 431 g/mol. The second kappa shape index (κ2) is 8.99. The van der Waals surface area contributed by atoms with Gasteiger partial charge < -0.3 is 10.2 Å². The molecule has 1 aliphatic rings. The fraction of sp³-hybridized carbons (Fsp3) is 0.346. The minimum absolute atomic E-state index is 0.0123. The Morgan fingerprint density at radius 2 is 1.62 bits per heavy atom. The predicted molar refractivity (Wildman–Crippen MR) is 126 cm³/mol. The molecule has 1 atom stereocenters. The molecule has 1 saturated heterocycles. The van der Waals surface area contributed by atoms with Crippen molar-refractivity contribution < 1.29 is 9.59 Å². The summed E-state index contributed by atoms with van der Waals surface area (Å²) in [7, 11) is 1.88. The first-order chi connectivity index (χ1) is 15.3. The Morgan fingerprint density at radius 1 is 0.969 bits per heavy atom. The van der Waals surface area contributed by atoms with Crippen LogP contribution >= 0.6 is 0 Å². The normalized spacial score (nSPS) is 14.4. The number of rotatable bonds is 5. The van der Waals surface area contributed by atoms with Gasteiger partial charge in [0.15, 0.2) is 0 Å². The van der Waals surface area contributed by atoms with Crippen LogP contribution in [0.25, 0.3) is 11.1 Å². The molecule has 4 rings (SSSR count). The van der Waals surface area contributed by atoms with Gasteiger partial charge in [0.05, 0.1) is 12.2 Å². The van der Waals surface area contributed by atoms with Gasteiger partial charge in [-0.15, -0.1) is 0 Å². The predicted octanol–water partition coefficient (Wildman–Crippen LogP) is 4.43. The molecule has 2 amide bonds. The standard InChI is InChI=1S/C26H30N4O2/c1-17-7-9-20(10-8-17)21-13-22(15-23(14-21)26(32)30-11-5-6-12-30)25(31)28-18(2)24-16-27-29(4)19(24)3/h7-10,13-16,18H,5-6,11-12H2,1-4H3,(H,28,31)/t18-/m1/s1. The number of hydrogen-bond donors (Lipinski definition) is 1. The highest BCUT2D eigenvalue weighted by Gasteiger charge is 2.22. The van der Waals surface area contributed by atoms with Crippen molar-refractivity contribution >= 4 is 11.8 Å². The van der Waals surface area contributed by atoms with Gasteiger partial charge >= 0.3 is 0 Å². The molecule has 1 fully saturated rings. The lowest BCUT2D eigenvalue weighted by molar-refractivity contribution is 0.0793. The molecular formula is C26H30N4O2. The molecule has 1 aromatic heterocycles. The van der Waals surface area contributed by atoms with E-state index >= 15 is 0 Å². The Morgan fingerprint density at radius 3 is 2.25 bits per heavy atom. The number of aromatic nitrogens is 2. The topological polar surface area (TPSA) is 67.2 Å². The van der Waals surface area contributed by atoms with Crippen LogP contribution in [0.15, 0.2) is 48.7 Å². The summed E-state index contributed by atoms with van der Waals surface area (Å²) in [5, 5.41) is 7.35. The summed E-state index contributed by atoms with van der Waals surface area (Å²) >= 11 is 0. The van der Waals surface area contributed by atoms with Gasteiger partial charge in [-0.2, -0.15) is 5.10 Å². The van der Waals surface area contributed by atoms with Gasteiger partial charge in [-0.05, 0) is 62.9 Å². The van der Waals surface area contributed by atoms with E-state index in [0.29, 0.717) is 11.1 Å². The molecule has 0 aliphatic carbocycles. The summed E-state index contributed by atoms with van der Waals surface area (Å²) in [6.07, 6.45) is 3.84. The molecule has 0 saturated carbocycles. The summed E-state index contributed by atoms with van der Waals surface area (Å²) in [5.74, 6) is -0.216. The summed E-state index contributed by atoms with van der Waals surface area (Å²) in [4.78, 5) is 28.2. The fourth-order valence-electron chi connectivity index (χ4n) is 4.20. The molecule has 6 heteroatoms. The lowest BCUT2D eigenvalue weighted by Crippen LogP contribution is -2.29. The average Bonchev–Trinajstić information content (AvgIpc) is 3.44. The van der Waals surface area contributed by atoms with Crippen LogP contribution in [0.2, 0.25) is 0 Å². The SMILES string of the molecule is Cc1ccc(-c2cc(C(=O)N[C@H](C)c3cnn(C)c3C)cc(C(=O)N3CCCC3)c2)cc1. The maximum Gasteiger partial charge on any atom is 0.253 e. The Balaban J connectivity index is 1.67. The summed E-state index contributed by atoms with van der Waals surface area (Å²) in [6.45, 7) is 7.51. The van der Waals surface area contributed by atoms with Crippen LogP contribution in [0.4, 0.5) is 0 Å². The zero-order valence-electron chi connectivity index (χ0n) is 19.2. The Bertz CT molecular complexity index is 1140. The van der Waals surface area contributed by atoms with Crippen molar-refractivity contribution in [2.24, 2.45) is 7.05 Å². The van der Waals surface area contributed by atoms with Crippen molar-refractivity contribution in [1.29, 1.82) is 0 Å². The van der Waals surface area contributed by atoms with E-state index in [2.05, 4.69) is 10.4 Å². The van der Waals surface area contributed by atoms with E-state index in [0.717, 1.165) is 53.9 Å². The third-order valence-electron chi connectivity index (χ3n) is 6.31. The summed E-state index contributed by atoms with van der Waals surface area (Å²) in [6, 6.07) is 13.4. The highest BCUT2D eigenvalue weighted by atomic mass is 16.2. The largest absolute Gasteiger partial charge is 0.345 e. The van der Waals surface area contributed by atoms with E-state index in [4.69, 9.17) is 0 Å². The number of hydrogen-bond acceptors (Lipinski definition) is 3. The van der Waals surface area contributed by atoms with Crippen LogP contribution in [0.1, 0.15) is 63.3 Å². The number of likely N-dealkylation sites (tertiary alicyclic amines) is 1. The van der Waals surface area contributed by atoms with Crippen molar-refractivity contribution in [1.82, 2.24) is 20.0 Å². The molecule has 0 radical (unpaired) electrons. The molecule has 6 nitrogen and oxygen atoms in total. The van der Waals surface area contributed by atoms with Gasteiger partial charge in [-0.1, -0.05) is 29.8 Å². The monoisotopic (exact) mass is 430 g/mol. The molecule has 1 N–H and O–H groups in total. The number of amides is 2. The van der Waals surface area contributed by atoms with Crippen LogP contribution in [0.3, 0.4) is 0 Å². The molecule has 0 bridgehead atoms. The highest BCUT2D eigenvalue weighted by Crippen LogP contribution is 2.25. The molecule has 166 valence electrons. The second-order valence-corrected chi connectivity index (χ2v) is 8.67. The van der Waals surface area contributed by atoms with Crippen LogP contribution in [-0.2, 0) is 7.05 Å². The molecule has 0 spiro atoms. The Hall–Kier alpha value is -3.41. The quantitative estimate of drug-likeness (QED) is 0.651. The van der Waals surface area contributed by atoms with Gasteiger partial charge in [0, 0.05) is 42.5 Å². The fourth-order valence-corrected chi connectivity index (χ4v) is 4.20. The molecule has 0 unspecified atom stereocenters. The third-order valence-corrected chi connectivity index (χ3v) is 6.31. The zero-order chi connectivity index (χ0) is 22.8. The van der Waals surface area contributed by atoms with E-state index < -0.39 is 0 Å². The number of carbonyl (C=O) groups excluding carboxylic acids is 2. The van der Waals surface area contributed by atoms with Crippen LogP contribution in [-0.4, -0.2) is 39.6 Å². The van der Waals surface area contributed by atoms with Crippen molar-refractivity contribution in [2.45, 2.75) is 39.7 Å². The van der Waals surface area contributed by atoms with Gasteiger partial charge in [-0.3, -0.25) is 14.3 Å². The van der Waals surface area contributed by atoms with Crippen molar-refractivity contribution in [3.8, 4) is 11.1 Å². The van der Waals surface area contributed by atoms with Gasteiger partial charge in [0.1, 0.15) is 0 Å². The molecule has 2 aromatic carbocycles. The number of nitrogens with zero attached hydrogens (tertiary/aromatic N) is 3. The van der Waals surface area contributed by atoms with Crippen molar-refractivity contribution in [2.75, 3.05) is 13.1 Å². The highest BCUT2D eigenvalue weighted by molar-refractivity contribution is 6.01. The van der Waals surface area contributed by atoms with E-state index in [1.54, 1.807) is 16.9 Å². The smallest absolute Gasteiger partial charge is 0.253 e. The van der Waals surface area contributed by atoms with Crippen molar-refractivity contribution in [3.63, 3.8) is 0 Å². The number of benzene rings is 2. The summed E-state index contributed by atoms with van der Waals surface area (Å²) in [5.41, 5.74) is 6.04. The minimum Gasteiger partial charge on any atom is -0.345 e. The zero-order valence-corrected chi connectivity index (χ0v) is 19.2. The van der Waals surface area contributed by atoms with Crippen LogP contribution in [0.5, 0.6) is 0 Å². The third kappa shape index (κ3) is 4.44. The maximum atomic E-state index is 13.2. The Labute approximate surface area is 189 Å². The Kier molecular flexibility index (Phi) is 6.12. The molecule has 2 heterocycles. The molecule has 3 aromatic rings. The van der Waals surface area contributed by atoms with Crippen LogP contribution in [0, 0.1) is 13.8 Å². The van der Waals surface area contributed by atoms with E-state index in [1.165, 1.54) is 0 Å².